The number of aliphatic carboxylic acids is 1. The number of carbonyl (C=O) groups is 1. The predicted octanol–water partition coefficient (Wildman–Crippen LogP) is 0.947. The van der Waals surface area contributed by atoms with Gasteiger partial charge in [-0.15, -0.1) is 0 Å². The second kappa shape index (κ2) is 4.12. The van der Waals surface area contributed by atoms with Gasteiger partial charge in [-0.2, -0.15) is 18.3 Å². The van der Waals surface area contributed by atoms with Crippen LogP contribution in [0.15, 0.2) is 6.20 Å². The van der Waals surface area contributed by atoms with Crippen LogP contribution in [0.4, 0.5) is 13.2 Å². The van der Waals surface area contributed by atoms with Crippen LogP contribution in [0.2, 0.25) is 0 Å². The lowest BCUT2D eigenvalue weighted by Crippen LogP contribution is -2.13. The van der Waals surface area contributed by atoms with E-state index in [1.54, 1.807) is 0 Å². The van der Waals surface area contributed by atoms with Crippen molar-refractivity contribution in [3.05, 3.63) is 17.5 Å². The lowest BCUT2D eigenvalue weighted by Gasteiger charge is -2.09. The molecule has 0 aromatic carbocycles. The molecule has 1 aromatic rings. The van der Waals surface area contributed by atoms with E-state index >= 15 is 0 Å². The van der Waals surface area contributed by atoms with E-state index < -0.39 is 35.9 Å². The van der Waals surface area contributed by atoms with Crippen molar-refractivity contribution in [3.8, 4) is 0 Å². The van der Waals surface area contributed by atoms with Crippen LogP contribution in [0.3, 0.4) is 0 Å². The summed E-state index contributed by atoms with van der Waals surface area (Å²) in [5.74, 6) is -1.38. The van der Waals surface area contributed by atoms with Crippen molar-refractivity contribution in [2.75, 3.05) is 0 Å². The first-order chi connectivity index (χ1) is 7.21. The zero-order valence-electron chi connectivity index (χ0n) is 8.19. The molecule has 0 radical (unpaired) electrons. The highest BCUT2D eigenvalue weighted by Gasteiger charge is 2.38. The van der Waals surface area contributed by atoms with E-state index in [9.17, 15) is 23.1 Å². The zero-order valence-corrected chi connectivity index (χ0v) is 8.19. The van der Waals surface area contributed by atoms with Crippen molar-refractivity contribution >= 4 is 5.97 Å². The largest absolute Gasteiger partial charge is 0.481 e. The maximum Gasteiger partial charge on any atom is 0.435 e. The van der Waals surface area contributed by atoms with E-state index in [4.69, 9.17) is 5.11 Å². The Hall–Kier alpha value is -1.57. The molecule has 0 aliphatic rings. The number of hydrogen-bond donors (Lipinski definition) is 2. The number of rotatable bonds is 3. The van der Waals surface area contributed by atoms with Crippen molar-refractivity contribution < 1.29 is 28.2 Å². The molecule has 2 N–H and O–H groups in total. The van der Waals surface area contributed by atoms with Crippen LogP contribution < -0.4 is 0 Å². The van der Waals surface area contributed by atoms with Crippen molar-refractivity contribution in [3.63, 3.8) is 0 Å². The average Bonchev–Trinajstić information content (AvgIpc) is 2.45. The Kier molecular flexibility index (Phi) is 3.22. The van der Waals surface area contributed by atoms with Crippen LogP contribution in [0.5, 0.6) is 0 Å². The molecule has 16 heavy (non-hydrogen) atoms. The van der Waals surface area contributed by atoms with E-state index in [2.05, 4.69) is 5.10 Å². The van der Waals surface area contributed by atoms with Crippen molar-refractivity contribution in [1.29, 1.82) is 0 Å². The molecule has 90 valence electrons. The lowest BCUT2D eigenvalue weighted by molar-refractivity contribution is -0.145. The van der Waals surface area contributed by atoms with Gasteiger partial charge in [0.15, 0.2) is 5.69 Å². The summed E-state index contributed by atoms with van der Waals surface area (Å²) in [4.78, 5) is 10.3. The Morgan fingerprint density at radius 1 is 1.62 bits per heavy atom. The number of aliphatic hydroxyl groups excluding tert-OH is 1. The SMILES string of the molecule is Cn1cc(C(O)CC(=O)O)c(C(F)(F)F)n1. The fourth-order valence-corrected chi connectivity index (χ4v) is 1.25. The van der Waals surface area contributed by atoms with Crippen LogP contribution in [-0.2, 0) is 18.0 Å². The molecular formula is C8H9F3N2O3. The fraction of sp³-hybridized carbons (Fsp3) is 0.500. The second-order valence-corrected chi connectivity index (χ2v) is 3.22. The van der Waals surface area contributed by atoms with Crippen LogP contribution in [0.1, 0.15) is 23.8 Å². The third-order valence-corrected chi connectivity index (χ3v) is 1.85. The number of carboxylic acids is 1. The number of aliphatic hydroxyl groups is 1. The molecule has 0 amide bonds. The minimum Gasteiger partial charge on any atom is -0.481 e. The number of hydrogen-bond acceptors (Lipinski definition) is 3. The number of alkyl halides is 3. The van der Waals surface area contributed by atoms with Gasteiger partial charge in [0.25, 0.3) is 0 Å². The summed E-state index contributed by atoms with van der Waals surface area (Å²) in [7, 11) is 1.26. The molecule has 8 heteroatoms. The van der Waals surface area contributed by atoms with Gasteiger partial charge < -0.3 is 10.2 Å². The highest BCUT2D eigenvalue weighted by atomic mass is 19.4. The topological polar surface area (TPSA) is 75.4 Å². The van der Waals surface area contributed by atoms with Gasteiger partial charge in [-0.25, -0.2) is 0 Å². The number of aromatic nitrogens is 2. The van der Waals surface area contributed by atoms with Crippen LogP contribution in [0.25, 0.3) is 0 Å². The molecule has 5 nitrogen and oxygen atoms in total. The standard InChI is InChI=1S/C8H9F3N2O3/c1-13-3-4(5(14)2-6(15)16)7(12-13)8(9,10)11/h3,5,14H,2H2,1H3,(H,15,16). The van der Waals surface area contributed by atoms with E-state index in [1.807, 2.05) is 0 Å². The van der Waals surface area contributed by atoms with Gasteiger partial charge in [-0.3, -0.25) is 9.48 Å². The first kappa shape index (κ1) is 12.5. The third-order valence-electron chi connectivity index (χ3n) is 1.85. The van der Waals surface area contributed by atoms with E-state index in [0.717, 1.165) is 10.9 Å². The molecule has 1 rings (SSSR count). The summed E-state index contributed by atoms with van der Waals surface area (Å²) in [6, 6.07) is 0. The first-order valence-electron chi connectivity index (χ1n) is 4.22. The number of halogens is 3. The molecule has 0 saturated heterocycles. The Morgan fingerprint density at radius 3 is 2.62 bits per heavy atom. The first-order valence-corrected chi connectivity index (χ1v) is 4.22. The fourth-order valence-electron chi connectivity index (χ4n) is 1.25. The van der Waals surface area contributed by atoms with Gasteiger partial charge in [0.05, 0.1) is 12.5 Å². The molecule has 0 bridgehead atoms. The molecule has 0 aliphatic carbocycles. The third kappa shape index (κ3) is 2.72. The van der Waals surface area contributed by atoms with Crippen LogP contribution >= 0.6 is 0 Å². The van der Waals surface area contributed by atoms with Gasteiger partial charge in [0.2, 0.25) is 0 Å². The van der Waals surface area contributed by atoms with Gasteiger partial charge in [-0.05, 0) is 0 Å². The molecule has 0 aliphatic heterocycles. The van der Waals surface area contributed by atoms with Crippen molar-refractivity contribution in [1.82, 2.24) is 9.78 Å². The Balaban J connectivity index is 3.08. The number of aryl methyl sites for hydroxylation is 1. The van der Waals surface area contributed by atoms with E-state index in [1.165, 1.54) is 7.05 Å². The molecular weight excluding hydrogens is 229 g/mol. The van der Waals surface area contributed by atoms with Crippen LogP contribution in [0, 0.1) is 0 Å². The van der Waals surface area contributed by atoms with Crippen LogP contribution in [-0.4, -0.2) is 26.0 Å². The Morgan fingerprint density at radius 2 is 2.19 bits per heavy atom. The minimum absolute atomic E-state index is 0.530. The summed E-state index contributed by atoms with van der Waals surface area (Å²) >= 11 is 0. The summed E-state index contributed by atoms with van der Waals surface area (Å²) in [5, 5.41) is 20.8. The molecule has 0 fully saturated rings. The summed E-state index contributed by atoms with van der Waals surface area (Å²) in [6.07, 6.45) is -6.27. The minimum atomic E-state index is -4.71. The summed E-state index contributed by atoms with van der Waals surface area (Å²) in [6.45, 7) is 0. The highest BCUT2D eigenvalue weighted by molar-refractivity contribution is 5.67. The normalized spacial score (nSPS) is 13.8. The molecule has 1 heterocycles. The van der Waals surface area contributed by atoms with E-state index in [0.29, 0.717) is 0 Å². The second-order valence-electron chi connectivity index (χ2n) is 3.22. The van der Waals surface area contributed by atoms with Gasteiger partial charge in [-0.1, -0.05) is 0 Å². The summed E-state index contributed by atoms with van der Waals surface area (Å²) in [5.41, 5.74) is -1.79. The molecule has 1 aromatic heterocycles. The monoisotopic (exact) mass is 238 g/mol. The zero-order chi connectivity index (χ0) is 12.5. The maximum absolute atomic E-state index is 12.4. The predicted molar refractivity (Wildman–Crippen MR) is 45.4 cm³/mol. The maximum atomic E-state index is 12.4. The van der Waals surface area contributed by atoms with Gasteiger partial charge >= 0.3 is 12.1 Å². The molecule has 1 atom stereocenters. The van der Waals surface area contributed by atoms with Gasteiger partial charge in [0.1, 0.15) is 0 Å². The lowest BCUT2D eigenvalue weighted by atomic mass is 10.1. The Bertz CT molecular complexity index is 400. The molecule has 1 unspecified atom stereocenters. The smallest absolute Gasteiger partial charge is 0.435 e. The van der Waals surface area contributed by atoms with E-state index in [-0.39, 0.29) is 0 Å². The highest BCUT2D eigenvalue weighted by Crippen LogP contribution is 2.34. The molecule has 0 spiro atoms. The number of nitrogens with zero attached hydrogens (tertiary/aromatic N) is 2. The van der Waals surface area contributed by atoms with Crippen molar-refractivity contribution in [2.45, 2.75) is 18.7 Å². The average molecular weight is 238 g/mol. The Labute approximate surface area is 88.1 Å². The quantitative estimate of drug-likeness (QED) is 0.821. The summed E-state index contributed by atoms with van der Waals surface area (Å²) < 4.78 is 38.2. The molecule has 0 saturated carbocycles. The number of carboxylic acid groups (broad SMARTS) is 1. The van der Waals surface area contributed by atoms with Crippen molar-refractivity contribution in [2.24, 2.45) is 7.05 Å². The van der Waals surface area contributed by atoms with Gasteiger partial charge in [0, 0.05) is 18.8 Å².